The normalized spacial score (nSPS) is 16.4. The van der Waals surface area contributed by atoms with Crippen molar-refractivity contribution in [3.8, 4) is 11.3 Å². The molecule has 0 aromatic carbocycles. The highest BCUT2D eigenvalue weighted by Crippen LogP contribution is 2.20. The molecule has 0 bridgehead atoms. The first-order valence-corrected chi connectivity index (χ1v) is 7.59. The molecule has 1 aliphatic heterocycles. The second-order valence-corrected chi connectivity index (χ2v) is 5.71. The van der Waals surface area contributed by atoms with Gasteiger partial charge in [0.25, 0.3) is 0 Å². The Morgan fingerprint density at radius 2 is 2.00 bits per heavy atom. The minimum absolute atomic E-state index is 0.0752. The summed E-state index contributed by atoms with van der Waals surface area (Å²) in [7, 11) is 2.09. The molecule has 1 saturated heterocycles. The number of hydrogen-bond acceptors (Lipinski definition) is 4. The number of hydrogen-bond donors (Lipinski definition) is 1. The Morgan fingerprint density at radius 1 is 1.18 bits per heavy atom. The largest absolute Gasteiger partial charge is 0.310 e. The average Bonchev–Trinajstić information content (AvgIpc) is 2.57. The summed E-state index contributed by atoms with van der Waals surface area (Å²) >= 11 is 0. The molecule has 1 aliphatic rings. The van der Waals surface area contributed by atoms with Crippen LogP contribution in [0.15, 0.2) is 42.7 Å². The van der Waals surface area contributed by atoms with Crippen LogP contribution < -0.4 is 5.32 Å². The first-order chi connectivity index (χ1) is 10.7. The summed E-state index contributed by atoms with van der Waals surface area (Å²) in [5, 5.41) is 2.92. The third kappa shape index (κ3) is 3.49. The van der Waals surface area contributed by atoms with Crippen molar-refractivity contribution >= 4 is 11.7 Å². The molecule has 114 valence electrons. The SMILES string of the molecule is CN1CCC(C(=O)Nc2ccc(-c3ccccn3)cn2)CC1. The molecule has 0 atom stereocenters. The molecule has 1 N–H and O–H groups in total. The van der Waals surface area contributed by atoms with Crippen molar-refractivity contribution in [3.63, 3.8) is 0 Å². The number of nitrogens with one attached hydrogen (secondary N) is 1. The Morgan fingerprint density at radius 3 is 2.64 bits per heavy atom. The third-order valence-electron chi connectivity index (χ3n) is 4.06. The van der Waals surface area contributed by atoms with E-state index in [4.69, 9.17) is 0 Å². The molecule has 1 fully saturated rings. The van der Waals surface area contributed by atoms with Gasteiger partial charge in [0.15, 0.2) is 0 Å². The second-order valence-electron chi connectivity index (χ2n) is 5.71. The molecule has 0 radical (unpaired) electrons. The number of pyridine rings is 2. The maximum Gasteiger partial charge on any atom is 0.228 e. The van der Waals surface area contributed by atoms with Gasteiger partial charge >= 0.3 is 0 Å². The van der Waals surface area contributed by atoms with E-state index in [0.717, 1.165) is 37.2 Å². The van der Waals surface area contributed by atoms with Gasteiger partial charge in [0.05, 0.1) is 5.69 Å². The van der Waals surface area contributed by atoms with Crippen LogP contribution in [0.2, 0.25) is 0 Å². The van der Waals surface area contributed by atoms with Crippen molar-refractivity contribution in [1.29, 1.82) is 0 Å². The molecule has 1 amide bonds. The zero-order valence-corrected chi connectivity index (χ0v) is 12.7. The van der Waals surface area contributed by atoms with Crippen LogP contribution in [-0.4, -0.2) is 40.9 Å². The molecule has 5 nitrogen and oxygen atoms in total. The molecule has 0 unspecified atom stereocenters. The molecule has 5 heteroatoms. The van der Waals surface area contributed by atoms with E-state index in [0.29, 0.717) is 5.82 Å². The van der Waals surface area contributed by atoms with Crippen LogP contribution >= 0.6 is 0 Å². The minimum Gasteiger partial charge on any atom is -0.310 e. The molecule has 2 aromatic rings. The predicted molar refractivity (Wildman–Crippen MR) is 86.3 cm³/mol. The van der Waals surface area contributed by atoms with Crippen LogP contribution in [0.5, 0.6) is 0 Å². The van der Waals surface area contributed by atoms with Gasteiger partial charge in [-0.2, -0.15) is 0 Å². The maximum atomic E-state index is 12.2. The lowest BCUT2D eigenvalue weighted by Gasteiger charge is -2.27. The lowest BCUT2D eigenvalue weighted by molar-refractivity contribution is -0.121. The first-order valence-electron chi connectivity index (χ1n) is 7.59. The van der Waals surface area contributed by atoms with Crippen LogP contribution in [0, 0.1) is 5.92 Å². The summed E-state index contributed by atoms with van der Waals surface area (Å²) in [4.78, 5) is 23.1. The lowest BCUT2D eigenvalue weighted by Crippen LogP contribution is -2.36. The van der Waals surface area contributed by atoms with E-state index < -0.39 is 0 Å². The molecule has 0 spiro atoms. The van der Waals surface area contributed by atoms with Crippen molar-refractivity contribution < 1.29 is 4.79 Å². The number of carbonyl (C=O) groups excluding carboxylic acids is 1. The molecule has 3 heterocycles. The third-order valence-corrected chi connectivity index (χ3v) is 4.06. The highest BCUT2D eigenvalue weighted by atomic mass is 16.1. The zero-order chi connectivity index (χ0) is 15.4. The van der Waals surface area contributed by atoms with E-state index >= 15 is 0 Å². The molecule has 0 saturated carbocycles. The van der Waals surface area contributed by atoms with Gasteiger partial charge in [0.2, 0.25) is 5.91 Å². The number of carbonyl (C=O) groups is 1. The Bertz CT molecular complexity index is 619. The van der Waals surface area contributed by atoms with Crippen molar-refractivity contribution in [2.45, 2.75) is 12.8 Å². The maximum absolute atomic E-state index is 12.2. The summed E-state index contributed by atoms with van der Waals surface area (Å²) in [6.45, 7) is 1.95. The fraction of sp³-hybridized carbons (Fsp3) is 0.353. The van der Waals surface area contributed by atoms with E-state index in [-0.39, 0.29) is 11.8 Å². The van der Waals surface area contributed by atoms with Gasteiger partial charge in [-0.1, -0.05) is 6.07 Å². The van der Waals surface area contributed by atoms with Crippen LogP contribution in [0.4, 0.5) is 5.82 Å². The fourth-order valence-corrected chi connectivity index (χ4v) is 2.65. The fourth-order valence-electron chi connectivity index (χ4n) is 2.65. The monoisotopic (exact) mass is 296 g/mol. The smallest absolute Gasteiger partial charge is 0.228 e. The molecular formula is C17H20N4O. The number of piperidine rings is 1. The molecule has 0 aliphatic carbocycles. The minimum atomic E-state index is 0.0752. The summed E-state index contributed by atoms with van der Waals surface area (Å²) in [6, 6.07) is 9.52. The van der Waals surface area contributed by atoms with Gasteiger partial charge in [-0.3, -0.25) is 9.78 Å². The molecular weight excluding hydrogens is 276 g/mol. The van der Waals surface area contributed by atoms with Crippen LogP contribution in [0.3, 0.4) is 0 Å². The summed E-state index contributed by atoms with van der Waals surface area (Å²) in [5.74, 6) is 0.767. The number of nitrogens with zero attached hydrogens (tertiary/aromatic N) is 3. The van der Waals surface area contributed by atoms with Crippen molar-refractivity contribution in [3.05, 3.63) is 42.7 Å². The Hall–Kier alpha value is -2.27. The van der Waals surface area contributed by atoms with Gasteiger partial charge in [-0.15, -0.1) is 0 Å². The van der Waals surface area contributed by atoms with Gasteiger partial charge in [-0.25, -0.2) is 4.98 Å². The lowest BCUT2D eigenvalue weighted by atomic mass is 9.96. The Labute approximate surface area is 130 Å². The Balaban J connectivity index is 1.62. The van der Waals surface area contributed by atoms with Crippen LogP contribution in [-0.2, 0) is 4.79 Å². The molecule has 2 aromatic heterocycles. The number of aromatic nitrogens is 2. The topological polar surface area (TPSA) is 58.1 Å². The summed E-state index contributed by atoms with van der Waals surface area (Å²) < 4.78 is 0. The number of amides is 1. The quantitative estimate of drug-likeness (QED) is 0.945. The van der Waals surface area contributed by atoms with E-state index in [1.165, 1.54) is 0 Å². The van der Waals surface area contributed by atoms with E-state index in [2.05, 4.69) is 27.2 Å². The standard InChI is InChI=1S/C17H20N4O/c1-21-10-7-13(8-11-21)17(22)20-16-6-5-14(12-19-16)15-4-2-3-9-18-15/h2-6,9,12-13H,7-8,10-11H2,1H3,(H,19,20,22). The Kier molecular flexibility index (Phi) is 4.44. The molecule has 3 rings (SSSR count). The number of rotatable bonds is 3. The second kappa shape index (κ2) is 6.66. The van der Waals surface area contributed by atoms with E-state index in [1.807, 2.05) is 30.3 Å². The van der Waals surface area contributed by atoms with Gasteiger partial charge in [0.1, 0.15) is 5.82 Å². The highest BCUT2D eigenvalue weighted by Gasteiger charge is 2.23. The van der Waals surface area contributed by atoms with E-state index in [1.54, 1.807) is 12.4 Å². The molecule has 22 heavy (non-hydrogen) atoms. The van der Waals surface area contributed by atoms with Crippen molar-refractivity contribution in [1.82, 2.24) is 14.9 Å². The first kappa shape index (κ1) is 14.7. The van der Waals surface area contributed by atoms with Crippen LogP contribution in [0.25, 0.3) is 11.3 Å². The van der Waals surface area contributed by atoms with Crippen LogP contribution in [0.1, 0.15) is 12.8 Å². The highest BCUT2D eigenvalue weighted by molar-refractivity contribution is 5.91. The number of anilines is 1. The summed E-state index contributed by atoms with van der Waals surface area (Å²) in [6.07, 6.45) is 5.32. The van der Waals surface area contributed by atoms with E-state index in [9.17, 15) is 4.79 Å². The number of likely N-dealkylation sites (tertiary alicyclic amines) is 1. The van der Waals surface area contributed by atoms with Crippen molar-refractivity contribution in [2.75, 3.05) is 25.5 Å². The predicted octanol–water partition coefficient (Wildman–Crippen LogP) is 2.42. The van der Waals surface area contributed by atoms with Gasteiger partial charge < -0.3 is 10.2 Å². The van der Waals surface area contributed by atoms with Crippen molar-refractivity contribution in [2.24, 2.45) is 5.92 Å². The van der Waals surface area contributed by atoms with Gasteiger partial charge in [-0.05, 0) is 57.2 Å². The van der Waals surface area contributed by atoms with Gasteiger partial charge in [0, 0.05) is 23.9 Å². The average molecular weight is 296 g/mol. The summed E-state index contributed by atoms with van der Waals surface area (Å²) in [5.41, 5.74) is 1.82. The zero-order valence-electron chi connectivity index (χ0n) is 12.7.